The highest BCUT2D eigenvalue weighted by atomic mass is 16.5. The van der Waals surface area contributed by atoms with Gasteiger partial charge in [-0.1, -0.05) is 13.3 Å². The van der Waals surface area contributed by atoms with Crippen LogP contribution < -0.4 is 20.6 Å². The Bertz CT molecular complexity index is 988. The van der Waals surface area contributed by atoms with Crippen molar-refractivity contribution in [3.05, 3.63) is 46.5 Å². The first-order valence-corrected chi connectivity index (χ1v) is 11.8. The van der Waals surface area contributed by atoms with Crippen LogP contribution in [0.15, 0.2) is 35.3 Å². The molecular formula is C24H34N4O4. The molecule has 8 nitrogen and oxygen atoms in total. The fraction of sp³-hybridized carbons (Fsp3) is 0.542. The molecule has 1 fully saturated rings. The van der Waals surface area contributed by atoms with Crippen LogP contribution >= 0.6 is 0 Å². The molecule has 1 aromatic heterocycles. The highest BCUT2D eigenvalue weighted by molar-refractivity contribution is 5.76. The zero-order chi connectivity index (χ0) is 22.3. The van der Waals surface area contributed by atoms with Gasteiger partial charge < -0.3 is 19.5 Å². The summed E-state index contributed by atoms with van der Waals surface area (Å²) in [6.07, 6.45) is 10.0. The number of benzene rings is 1. The van der Waals surface area contributed by atoms with Crippen LogP contribution in [0.2, 0.25) is 0 Å². The number of hydrogen-bond acceptors (Lipinski definition) is 6. The first-order valence-electron chi connectivity index (χ1n) is 11.8. The van der Waals surface area contributed by atoms with Crippen molar-refractivity contribution in [3.63, 3.8) is 0 Å². The molecule has 0 radical (unpaired) electrons. The second kappa shape index (κ2) is 10.6. The van der Waals surface area contributed by atoms with Crippen molar-refractivity contribution in [2.45, 2.75) is 52.0 Å². The number of piperidine rings is 1. The summed E-state index contributed by atoms with van der Waals surface area (Å²) in [5, 5.41) is 10.4. The van der Waals surface area contributed by atoms with Gasteiger partial charge in [0.25, 0.3) is 0 Å². The Labute approximate surface area is 189 Å². The van der Waals surface area contributed by atoms with Crippen molar-refractivity contribution in [2.75, 3.05) is 38.3 Å². The molecule has 1 saturated heterocycles. The largest absolute Gasteiger partial charge is 0.494 e. The molecule has 1 aromatic carbocycles. The van der Waals surface area contributed by atoms with Crippen LogP contribution in [0.1, 0.15) is 51.0 Å². The lowest BCUT2D eigenvalue weighted by Gasteiger charge is -2.26. The molecule has 0 amide bonds. The number of rotatable bonds is 10. The van der Waals surface area contributed by atoms with E-state index in [0.717, 1.165) is 48.6 Å². The third-order valence-electron chi connectivity index (χ3n) is 5.99. The molecule has 32 heavy (non-hydrogen) atoms. The quantitative estimate of drug-likeness (QED) is 0.549. The number of unbranched alkanes of at least 4 members (excludes halogenated alkanes) is 1. The predicted octanol–water partition coefficient (Wildman–Crippen LogP) is 3.39. The summed E-state index contributed by atoms with van der Waals surface area (Å²) in [5.74, 6) is 1.45. The number of ether oxygens (including phenoxy) is 2. The summed E-state index contributed by atoms with van der Waals surface area (Å²) in [4.78, 5) is 15.4. The molecule has 0 bridgehead atoms. The van der Waals surface area contributed by atoms with Crippen LogP contribution in [0, 0.1) is 0 Å². The molecule has 0 aliphatic carbocycles. The maximum Gasteiger partial charge on any atom is 0.349 e. The highest BCUT2D eigenvalue weighted by Crippen LogP contribution is 2.32. The number of nitrogens with zero attached hydrogens (tertiary/aromatic N) is 3. The fourth-order valence-corrected chi connectivity index (χ4v) is 4.26. The van der Waals surface area contributed by atoms with Gasteiger partial charge in [0, 0.05) is 12.1 Å². The molecule has 2 aromatic rings. The summed E-state index contributed by atoms with van der Waals surface area (Å²) in [5.41, 5.74) is 4.42. The maximum absolute atomic E-state index is 12.9. The van der Waals surface area contributed by atoms with E-state index in [2.05, 4.69) is 17.2 Å². The molecule has 0 atom stereocenters. The van der Waals surface area contributed by atoms with Gasteiger partial charge in [0.15, 0.2) is 0 Å². The average molecular weight is 443 g/mol. The van der Waals surface area contributed by atoms with Gasteiger partial charge in [-0.05, 0) is 76.0 Å². The van der Waals surface area contributed by atoms with E-state index in [1.807, 2.05) is 24.3 Å². The first kappa shape index (κ1) is 22.3. The van der Waals surface area contributed by atoms with Crippen molar-refractivity contribution in [1.82, 2.24) is 14.1 Å². The van der Waals surface area contributed by atoms with E-state index in [9.17, 15) is 9.90 Å². The third-order valence-corrected chi connectivity index (χ3v) is 5.99. The minimum atomic E-state index is -0.284. The van der Waals surface area contributed by atoms with Crippen molar-refractivity contribution in [3.8, 4) is 17.4 Å². The number of hydrogen-bond donors (Lipinski definition) is 2. The molecule has 2 aliphatic heterocycles. The van der Waals surface area contributed by atoms with E-state index in [1.165, 1.54) is 47.8 Å². The van der Waals surface area contributed by atoms with E-state index >= 15 is 0 Å². The standard InChI is InChI=1S/C24H34N4O4/c1-2-15-31-19-8-9-22-20(17-19)21(10-16-32-22)25-28-18-23(29)27(24(28)30)14-7-6-13-26-11-4-3-5-12-26/h8-10,17-18,25,29H,2-7,11-16H2,1H3. The van der Waals surface area contributed by atoms with E-state index in [0.29, 0.717) is 19.8 Å². The number of likely N-dealkylation sites (tertiary alicyclic amines) is 1. The Hall–Kier alpha value is -2.87. The van der Waals surface area contributed by atoms with E-state index in [1.54, 1.807) is 0 Å². The van der Waals surface area contributed by atoms with Gasteiger partial charge in [-0.3, -0.25) is 9.99 Å². The lowest BCUT2D eigenvalue weighted by atomic mass is 10.1. The molecule has 3 heterocycles. The van der Waals surface area contributed by atoms with E-state index in [-0.39, 0.29) is 11.6 Å². The summed E-state index contributed by atoms with van der Waals surface area (Å²) in [6.45, 7) is 7.02. The minimum Gasteiger partial charge on any atom is -0.494 e. The lowest BCUT2D eigenvalue weighted by Crippen LogP contribution is -2.32. The molecule has 0 unspecified atom stereocenters. The fourth-order valence-electron chi connectivity index (χ4n) is 4.26. The summed E-state index contributed by atoms with van der Waals surface area (Å²) in [6, 6.07) is 5.67. The van der Waals surface area contributed by atoms with Crippen LogP contribution in [-0.2, 0) is 6.54 Å². The van der Waals surface area contributed by atoms with Crippen LogP contribution in [0.5, 0.6) is 17.4 Å². The SMILES string of the molecule is CCCOc1ccc2c(c1)C(Nn1cc(O)n(CCCCN3CCCCC3)c1=O)=CCO2. The van der Waals surface area contributed by atoms with Gasteiger partial charge in [-0.25, -0.2) is 9.47 Å². The Kier molecular flexibility index (Phi) is 7.42. The molecule has 8 heteroatoms. The Morgan fingerprint density at radius 3 is 2.78 bits per heavy atom. The summed E-state index contributed by atoms with van der Waals surface area (Å²) < 4.78 is 14.2. The molecule has 4 rings (SSSR count). The number of aromatic hydroxyl groups is 1. The normalized spacial score (nSPS) is 16.2. The zero-order valence-corrected chi connectivity index (χ0v) is 18.9. The van der Waals surface area contributed by atoms with Crippen LogP contribution in [-0.4, -0.2) is 52.1 Å². The van der Waals surface area contributed by atoms with E-state index < -0.39 is 0 Å². The zero-order valence-electron chi connectivity index (χ0n) is 18.9. The average Bonchev–Trinajstić information content (AvgIpc) is 3.08. The predicted molar refractivity (Wildman–Crippen MR) is 125 cm³/mol. The number of fused-ring (bicyclic) bond motifs is 1. The van der Waals surface area contributed by atoms with Crippen LogP contribution in [0.4, 0.5) is 0 Å². The Morgan fingerprint density at radius 1 is 1.16 bits per heavy atom. The van der Waals surface area contributed by atoms with Gasteiger partial charge in [-0.15, -0.1) is 0 Å². The number of aromatic nitrogens is 2. The van der Waals surface area contributed by atoms with Crippen LogP contribution in [0.3, 0.4) is 0 Å². The van der Waals surface area contributed by atoms with Crippen molar-refractivity contribution in [1.29, 1.82) is 0 Å². The molecule has 2 aliphatic rings. The van der Waals surface area contributed by atoms with Gasteiger partial charge in [0.2, 0.25) is 5.88 Å². The third kappa shape index (κ3) is 5.30. The summed E-state index contributed by atoms with van der Waals surface area (Å²) >= 11 is 0. The Balaban J connectivity index is 1.40. The Morgan fingerprint density at radius 2 is 1.97 bits per heavy atom. The van der Waals surface area contributed by atoms with Gasteiger partial charge in [0.1, 0.15) is 18.1 Å². The first-order chi connectivity index (χ1) is 15.7. The van der Waals surface area contributed by atoms with Crippen LogP contribution in [0.25, 0.3) is 5.70 Å². The maximum atomic E-state index is 12.9. The molecule has 0 saturated carbocycles. The number of imidazole rings is 1. The minimum absolute atomic E-state index is 0.0339. The van der Waals surface area contributed by atoms with Gasteiger partial charge >= 0.3 is 5.69 Å². The smallest absolute Gasteiger partial charge is 0.349 e. The summed E-state index contributed by atoms with van der Waals surface area (Å²) in [7, 11) is 0. The number of nitrogens with one attached hydrogen (secondary N) is 1. The van der Waals surface area contributed by atoms with Crippen molar-refractivity contribution < 1.29 is 14.6 Å². The monoisotopic (exact) mass is 442 g/mol. The van der Waals surface area contributed by atoms with Gasteiger partial charge in [-0.2, -0.15) is 0 Å². The molecule has 174 valence electrons. The molecular weight excluding hydrogens is 408 g/mol. The van der Waals surface area contributed by atoms with Crippen molar-refractivity contribution in [2.24, 2.45) is 0 Å². The molecule has 2 N–H and O–H groups in total. The second-order valence-electron chi connectivity index (χ2n) is 8.45. The van der Waals surface area contributed by atoms with Gasteiger partial charge in [0.05, 0.1) is 18.5 Å². The molecule has 0 spiro atoms. The topological polar surface area (TPSA) is 80.9 Å². The lowest BCUT2D eigenvalue weighted by molar-refractivity contribution is 0.223. The van der Waals surface area contributed by atoms with E-state index in [4.69, 9.17) is 9.47 Å². The second-order valence-corrected chi connectivity index (χ2v) is 8.45. The van der Waals surface area contributed by atoms with Crippen molar-refractivity contribution >= 4 is 5.70 Å². The highest BCUT2D eigenvalue weighted by Gasteiger charge is 2.18.